The van der Waals surface area contributed by atoms with Gasteiger partial charge in [-0.1, -0.05) is 0 Å². The van der Waals surface area contributed by atoms with Crippen molar-refractivity contribution in [2.24, 2.45) is 0 Å². The number of rotatable bonds is 5. The number of nitrogens with zero attached hydrogens (tertiary/aromatic N) is 3. The summed E-state index contributed by atoms with van der Waals surface area (Å²) in [5.74, 6) is 0.846. The molecule has 2 aromatic rings. The molecule has 1 spiro atoms. The third kappa shape index (κ3) is 4.07. The number of ether oxygens (including phenoxy) is 3. The van der Waals surface area contributed by atoms with Crippen LogP contribution in [0.1, 0.15) is 30.1 Å². The average molecular weight is 384 g/mol. The van der Waals surface area contributed by atoms with Gasteiger partial charge in [0.1, 0.15) is 18.0 Å². The van der Waals surface area contributed by atoms with Crippen LogP contribution in [0.2, 0.25) is 0 Å². The van der Waals surface area contributed by atoms with Crippen LogP contribution in [-0.4, -0.2) is 54.6 Å². The smallest absolute Gasteiger partial charge is 0.338 e. The van der Waals surface area contributed by atoms with Crippen LogP contribution in [0.4, 0.5) is 17.3 Å². The third-order valence-corrected chi connectivity index (χ3v) is 4.98. The van der Waals surface area contributed by atoms with Crippen molar-refractivity contribution in [1.29, 1.82) is 0 Å². The standard InChI is InChI=1S/C20H24N4O4/c1-2-26-19(25)15-3-5-16(6-4-15)23-17-13-18(22-14-21-17)24-9-7-20(8-10-24)27-11-12-28-20/h3-6,13-14H,2,7-12H2,1H3,(H,21,22,23). The topological polar surface area (TPSA) is 85.8 Å². The SMILES string of the molecule is CCOC(=O)c1ccc(Nc2cc(N3CCC4(CC3)OCCO4)ncn2)cc1. The highest BCUT2D eigenvalue weighted by atomic mass is 16.7. The van der Waals surface area contributed by atoms with Gasteiger partial charge in [-0.3, -0.25) is 0 Å². The summed E-state index contributed by atoms with van der Waals surface area (Å²) >= 11 is 0. The van der Waals surface area contributed by atoms with Gasteiger partial charge in [0.2, 0.25) is 0 Å². The highest BCUT2D eigenvalue weighted by molar-refractivity contribution is 5.89. The van der Waals surface area contributed by atoms with E-state index < -0.39 is 5.79 Å². The van der Waals surface area contributed by atoms with Gasteiger partial charge < -0.3 is 24.4 Å². The van der Waals surface area contributed by atoms with E-state index >= 15 is 0 Å². The quantitative estimate of drug-likeness (QED) is 0.788. The first-order chi connectivity index (χ1) is 13.7. The van der Waals surface area contributed by atoms with Gasteiger partial charge in [0.15, 0.2) is 5.79 Å². The van der Waals surface area contributed by atoms with Gasteiger partial charge in [0, 0.05) is 37.7 Å². The number of benzene rings is 1. The monoisotopic (exact) mass is 384 g/mol. The number of carbonyl (C=O) groups is 1. The van der Waals surface area contributed by atoms with Crippen molar-refractivity contribution in [3.05, 3.63) is 42.2 Å². The molecule has 0 bridgehead atoms. The van der Waals surface area contributed by atoms with Crippen LogP contribution in [0, 0.1) is 0 Å². The van der Waals surface area contributed by atoms with Crippen molar-refractivity contribution < 1.29 is 19.0 Å². The summed E-state index contributed by atoms with van der Waals surface area (Å²) in [4.78, 5) is 22.7. The van der Waals surface area contributed by atoms with Crippen LogP contribution >= 0.6 is 0 Å². The Hall–Kier alpha value is -2.71. The van der Waals surface area contributed by atoms with Crippen molar-refractivity contribution in [2.75, 3.05) is 43.1 Å². The first kappa shape index (κ1) is 18.6. The van der Waals surface area contributed by atoms with E-state index in [0.717, 1.165) is 37.4 Å². The lowest BCUT2D eigenvalue weighted by Crippen LogP contribution is -2.45. The number of esters is 1. The third-order valence-electron chi connectivity index (χ3n) is 4.98. The number of piperidine rings is 1. The molecule has 2 aliphatic heterocycles. The van der Waals surface area contributed by atoms with E-state index in [9.17, 15) is 4.79 Å². The molecule has 0 radical (unpaired) electrons. The summed E-state index contributed by atoms with van der Waals surface area (Å²) in [5, 5.41) is 3.25. The van der Waals surface area contributed by atoms with Gasteiger partial charge in [0.25, 0.3) is 0 Å². The number of hydrogen-bond donors (Lipinski definition) is 1. The summed E-state index contributed by atoms with van der Waals surface area (Å²) in [5.41, 5.74) is 1.36. The molecule has 8 heteroatoms. The number of nitrogens with one attached hydrogen (secondary N) is 1. The number of anilines is 3. The molecule has 0 saturated carbocycles. The van der Waals surface area contributed by atoms with Gasteiger partial charge in [-0.25, -0.2) is 14.8 Å². The van der Waals surface area contributed by atoms with Crippen molar-refractivity contribution in [2.45, 2.75) is 25.6 Å². The first-order valence-electron chi connectivity index (χ1n) is 9.57. The lowest BCUT2D eigenvalue weighted by molar-refractivity contribution is -0.169. The van der Waals surface area contributed by atoms with Crippen LogP contribution in [-0.2, 0) is 14.2 Å². The molecule has 1 aromatic carbocycles. The molecule has 0 aliphatic carbocycles. The van der Waals surface area contributed by atoms with Gasteiger partial charge in [-0.15, -0.1) is 0 Å². The molecule has 2 aliphatic rings. The molecule has 0 amide bonds. The zero-order chi connectivity index (χ0) is 19.4. The lowest BCUT2D eigenvalue weighted by Gasteiger charge is -2.38. The Morgan fingerprint density at radius 3 is 2.57 bits per heavy atom. The Morgan fingerprint density at radius 2 is 1.89 bits per heavy atom. The molecule has 4 rings (SSSR count). The van der Waals surface area contributed by atoms with Gasteiger partial charge >= 0.3 is 5.97 Å². The second-order valence-corrected chi connectivity index (χ2v) is 6.78. The van der Waals surface area contributed by atoms with E-state index in [1.807, 2.05) is 18.2 Å². The van der Waals surface area contributed by atoms with Crippen molar-refractivity contribution >= 4 is 23.3 Å². The van der Waals surface area contributed by atoms with Crippen LogP contribution in [0.3, 0.4) is 0 Å². The number of aromatic nitrogens is 2. The van der Waals surface area contributed by atoms with Crippen LogP contribution < -0.4 is 10.2 Å². The van der Waals surface area contributed by atoms with E-state index in [1.165, 1.54) is 0 Å². The molecule has 3 heterocycles. The van der Waals surface area contributed by atoms with E-state index in [0.29, 0.717) is 31.2 Å². The maximum atomic E-state index is 11.7. The fourth-order valence-corrected chi connectivity index (χ4v) is 3.50. The minimum absolute atomic E-state index is 0.323. The zero-order valence-corrected chi connectivity index (χ0v) is 15.9. The van der Waals surface area contributed by atoms with Gasteiger partial charge in [0.05, 0.1) is 25.4 Å². The van der Waals surface area contributed by atoms with Crippen molar-refractivity contribution in [3.63, 3.8) is 0 Å². The Bertz CT molecular complexity index is 811. The molecule has 8 nitrogen and oxygen atoms in total. The van der Waals surface area contributed by atoms with E-state index in [4.69, 9.17) is 14.2 Å². The lowest BCUT2D eigenvalue weighted by atomic mass is 10.0. The van der Waals surface area contributed by atoms with E-state index in [-0.39, 0.29) is 5.97 Å². The fraction of sp³-hybridized carbons (Fsp3) is 0.450. The highest BCUT2D eigenvalue weighted by Crippen LogP contribution is 2.33. The predicted octanol–water partition coefficient (Wildman–Crippen LogP) is 2.74. The Morgan fingerprint density at radius 1 is 1.18 bits per heavy atom. The minimum Gasteiger partial charge on any atom is -0.462 e. The zero-order valence-electron chi connectivity index (χ0n) is 15.9. The second kappa shape index (κ2) is 8.12. The largest absolute Gasteiger partial charge is 0.462 e. The Labute approximate surface area is 163 Å². The summed E-state index contributed by atoms with van der Waals surface area (Å²) in [7, 11) is 0. The van der Waals surface area contributed by atoms with Crippen LogP contribution in [0.25, 0.3) is 0 Å². The average Bonchev–Trinajstić information content (AvgIpc) is 3.17. The van der Waals surface area contributed by atoms with Gasteiger partial charge in [-0.2, -0.15) is 0 Å². The molecule has 2 saturated heterocycles. The summed E-state index contributed by atoms with van der Waals surface area (Å²) in [6.45, 7) is 5.15. The summed E-state index contributed by atoms with van der Waals surface area (Å²) in [6.07, 6.45) is 3.21. The maximum absolute atomic E-state index is 11.7. The summed E-state index contributed by atoms with van der Waals surface area (Å²) < 4.78 is 16.6. The molecule has 1 N–H and O–H groups in total. The van der Waals surface area contributed by atoms with Crippen molar-refractivity contribution in [3.8, 4) is 0 Å². The van der Waals surface area contributed by atoms with Gasteiger partial charge in [-0.05, 0) is 31.2 Å². The predicted molar refractivity (Wildman–Crippen MR) is 104 cm³/mol. The minimum atomic E-state index is -0.398. The summed E-state index contributed by atoms with van der Waals surface area (Å²) in [6, 6.07) is 9.04. The Balaban J connectivity index is 1.39. The van der Waals surface area contributed by atoms with E-state index in [1.54, 1.807) is 25.4 Å². The number of carbonyl (C=O) groups excluding carboxylic acids is 1. The molecular formula is C20H24N4O4. The van der Waals surface area contributed by atoms with Crippen LogP contribution in [0.5, 0.6) is 0 Å². The van der Waals surface area contributed by atoms with Crippen molar-refractivity contribution in [1.82, 2.24) is 9.97 Å². The molecule has 0 unspecified atom stereocenters. The molecule has 2 fully saturated rings. The molecule has 28 heavy (non-hydrogen) atoms. The maximum Gasteiger partial charge on any atom is 0.338 e. The molecule has 148 valence electrons. The highest BCUT2D eigenvalue weighted by Gasteiger charge is 2.40. The normalized spacial score (nSPS) is 18.2. The second-order valence-electron chi connectivity index (χ2n) is 6.78. The first-order valence-corrected chi connectivity index (χ1v) is 9.57. The number of hydrogen-bond acceptors (Lipinski definition) is 8. The Kier molecular flexibility index (Phi) is 5.40. The fourth-order valence-electron chi connectivity index (χ4n) is 3.50. The van der Waals surface area contributed by atoms with Crippen LogP contribution in [0.15, 0.2) is 36.7 Å². The molecule has 1 aromatic heterocycles. The van der Waals surface area contributed by atoms with E-state index in [2.05, 4.69) is 20.2 Å². The molecule has 0 atom stereocenters. The molecular weight excluding hydrogens is 360 g/mol.